The minimum Gasteiger partial charge on any atom is -0.469 e. The lowest BCUT2D eigenvalue weighted by Gasteiger charge is -2.67. The molecule has 0 radical (unpaired) electrons. The summed E-state index contributed by atoms with van der Waals surface area (Å²) in [5.74, 6) is 0.475. The molecule has 3 rings (SSSR count). The molecule has 5 atom stereocenters. The van der Waals surface area contributed by atoms with Crippen LogP contribution in [0.3, 0.4) is 0 Å². The van der Waals surface area contributed by atoms with Crippen molar-refractivity contribution in [2.24, 2.45) is 23.2 Å². The normalized spacial score (nSPS) is 50.8. The lowest BCUT2D eigenvalue weighted by molar-refractivity contribution is -0.202. The Kier molecular flexibility index (Phi) is 1.78. The fourth-order valence-electron chi connectivity index (χ4n) is 3.91. The van der Waals surface area contributed by atoms with Crippen molar-refractivity contribution in [2.75, 3.05) is 7.11 Å². The van der Waals surface area contributed by atoms with Crippen LogP contribution in [0, 0.1) is 23.2 Å². The van der Waals surface area contributed by atoms with Crippen molar-refractivity contribution in [2.45, 2.75) is 25.4 Å². The van der Waals surface area contributed by atoms with Gasteiger partial charge in [0.2, 0.25) is 0 Å². The van der Waals surface area contributed by atoms with Crippen LogP contribution in [0.4, 0.5) is 0 Å². The Morgan fingerprint density at radius 3 is 2.93 bits per heavy atom. The molecule has 0 saturated heterocycles. The van der Waals surface area contributed by atoms with Crippen molar-refractivity contribution in [1.82, 2.24) is 0 Å². The van der Waals surface area contributed by atoms with Gasteiger partial charge in [0.25, 0.3) is 0 Å². The van der Waals surface area contributed by atoms with Gasteiger partial charge in [0.05, 0.1) is 19.1 Å². The van der Waals surface area contributed by atoms with Crippen molar-refractivity contribution >= 4 is 5.97 Å². The van der Waals surface area contributed by atoms with Crippen LogP contribution in [0.1, 0.15) is 19.3 Å². The van der Waals surface area contributed by atoms with Crippen LogP contribution in [0.2, 0.25) is 0 Å². The van der Waals surface area contributed by atoms with Crippen LogP contribution in [0.15, 0.2) is 12.2 Å². The van der Waals surface area contributed by atoms with E-state index in [0.717, 1.165) is 19.3 Å². The quantitative estimate of drug-likeness (QED) is 0.519. The smallest absolute Gasteiger partial charge is 0.309 e. The Labute approximate surface area is 89.1 Å². The largest absolute Gasteiger partial charge is 0.469 e. The first-order valence-electron chi connectivity index (χ1n) is 5.67. The van der Waals surface area contributed by atoms with Gasteiger partial charge in [-0.05, 0) is 18.8 Å². The number of ether oxygens (including phenoxy) is 1. The molecule has 3 nitrogen and oxygen atoms in total. The van der Waals surface area contributed by atoms with Gasteiger partial charge in [0.1, 0.15) is 0 Å². The summed E-state index contributed by atoms with van der Waals surface area (Å²) in [6.07, 6.45) is 6.90. The van der Waals surface area contributed by atoms with E-state index in [-0.39, 0.29) is 29.3 Å². The lowest BCUT2D eigenvalue weighted by atomic mass is 9.37. The number of carbonyl (C=O) groups excluding carboxylic acids is 1. The van der Waals surface area contributed by atoms with E-state index in [1.807, 2.05) is 0 Å². The molecule has 1 spiro atoms. The van der Waals surface area contributed by atoms with Crippen molar-refractivity contribution in [3.05, 3.63) is 12.2 Å². The number of hydrogen-bond donors (Lipinski definition) is 1. The molecule has 3 heteroatoms. The second kappa shape index (κ2) is 2.85. The zero-order valence-corrected chi connectivity index (χ0v) is 8.85. The maximum atomic E-state index is 11.6. The van der Waals surface area contributed by atoms with E-state index < -0.39 is 0 Å². The molecule has 2 fully saturated rings. The summed E-state index contributed by atoms with van der Waals surface area (Å²) in [5.41, 5.74) is -0.0584. The van der Waals surface area contributed by atoms with Gasteiger partial charge in [-0.25, -0.2) is 0 Å². The standard InChI is InChI=1S/C12H16O3/c1-15-11(14)10-7-3-2-4-9(13)12(7)6-5-8(10)12/h5-10,13H,2-4H2,1H3/t7-,8-,9?,10-,12?/m0/s1. The summed E-state index contributed by atoms with van der Waals surface area (Å²) in [6.45, 7) is 0. The maximum Gasteiger partial charge on any atom is 0.309 e. The van der Waals surface area contributed by atoms with Gasteiger partial charge in [-0.3, -0.25) is 4.79 Å². The van der Waals surface area contributed by atoms with Crippen LogP contribution in [-0.4, -0.2) is 24.3 Å². The summed E-state index contributed by atoms with van der Waals surface area (Å²) < 4.78 is 4.83. The van der Waals surface area contributed by atoms with Gasteiger partial charge in [-0.1, -0.05) is 18.6 Å². The molecule has 0 aromatic heterocycles. The summed E-state index contributed by atoms with van der Waals surface area (Å²) in [4.78, 5) is 11.6. The Balaban J connectivity index is 1.89. The highest BCUT2D eigenvalue weighted by Crippen LogP contribution is 2.68. The molecule has 0 aliphatic heterocycles. The molecule has 0 amide bonds. The van der Waals surface area contributed by atoms with E-state index >= 15 is 0 Å². The summed E-state index contributed by atoms with van der Waals surface area (Å²) in [5, 5.41) is 10.0. The van der Waals surface area contributed by atoms with Gasteiger partial charge in [0.15, 0.2) is 0 Å². The van der Waals surface area contributed by atoms with Crippen molar-refractivity contribution in [1.29, 1.82) is 0 Å². The first-order chi connectivity index (χ1) is 7.21. The number of carbonyl (C=O) groups is 1. The fourth-order valence-corrected chi connectivity index (χ4v) is 3.91. The van der Waals surface area contributed by atoms with Gasteiger partial charge < -0.3 is 9.84 Å². The molecule has 3 aliphatic carbocycles. The van der Waals surface area contributed by atoms with Gasteiger partial charge in [-0.15, -0.1) is 0 Å². The van der Waals surface area contributed by atoms with Crippen molar-refractivity contribution < 1.29 is 14.6 Å². The predicted octanol–water partition coefficient (Wildman–Crippen LogP) is 1.12. The minimum absolute atomic E-state index is 0.00921. The molecule has 82 valence electrons. The van der Waals surface area contributed by atoms with Gasteiger partial charge in [-0.2, -0.15) is 0 Å². The van der Waals surface area contributed by atoms with E-state index in [1.54, 1.807) is 0 Å². The summed E-state index contributed by atoms with van der Waals surface area (Å²) >= 11 is 0. The number of methoxy groups -OCH3 is 1. The predicted molar refractivity (Wildman–Crippen MR) is 53.9 cm³/mol. The third-order valence-electron chi connectivity index (χ3n) is 4.68. The van der Waals surface area contributed by atoms with Crippen LogP contribution in [0.25, 0.3) is 0 Å². The average molecular weight is 208 g/mol. The Morgan fingerprint density at radius 2 is 2.33 bits per heavy atom. The highest BCUT2D eigenvalue weighted by molar-refractivity contribution is 5.76. The molecule has 0 heterocycles. The first-order valence-corrected chi connectivity index (χ1v) is 5.67. The molecule has 0 aromatic rings. The van der Waals surface area contributed by atoms with Crippen LogP contribution in [-0.2, 0) is 9.53 Å². The van der Waals surface area contributed by atoms with Crippen molar-refractivity contribution in [3.63, 3.8) is 0 Å². The Hall–Kier alpha value is -0.830. The topological polar surface area (TPSA) is 46.5 Å². The van der Waals surface area contributed by atoms with Gasteiger partial charge in [0, 0.05) is 11.3 Å². The zero-order chi connectivity index (χ0) is 10.6. The molecule has 0 bridgehead atoms. The van der Waals surface area contributed by atoms with Crippen LogP contribution >= 0.6 is 0 Å². The molecule has 15 heavy (non-hydrogen) atoms. The second-order valence-corrected chi connectivity index (χ2v) is 4.99. The van der Waals surface area contributed by atoms with Crippen LogP contribution < -0.4 is 0 Å². The summed E-state index contributed by atoms with van der Waals surface area (Å²) in [6, 6.07) is 0. The van der Waals surface area contributed by atoms with Crippen molar-refractivity contribution in [3.8, 4) is 0 Å². The molecule has 3 aliphatic rings. The third kappa shape index (κ3) is 0.882. The van der Waals surface area contributed by atoms with Crippen LogP contribution in [0.5, 0.6) is 0 Å². The monoisotopic (exact) mass is 208 g/mol. The number of aliphatic hydroxyl groups is 1. The highest BCUT2D eigenvalue weighted by Gasteiger charge is 2.69. The number of rotatable bonds is 1. The average Bonchev–Trinajstić information content (AvgIpc) is 2.22. The number of aliphatic hydroxyl groups excluding tert-OH is 1. The molecule has 0 aromatic carbocycles. The zero-order valence-electron chi connectivity index (χ0n) is 8.85. The molecule has 1 N–H and O–H groups in total. The molecular formula is C12H16O3. The SMILES string of the molecule is COC(=O)[C@@H]1[C@@H]2C=CC23C(O)CCC[C@@H]13. The highest BCUT2D eigenvalue weighted by atomic mass is 16.5. The minimum atomic E-state index is -0.243. The van der Waals surface area contributed by atoms with E-state index in [1.165, 1.54) is 7.11 Å². The number of allylic oxidation sites excluding steroid dienone is 1. The molecule has 2 unspecified atom stereocenters. The van der Waals surface area contributed by atoms with E-state index in [9.17, 15) is 9.90 Å². The number of hydrogen-bond acceptors (Lipinski definition) is 3. The summed E-state index contributed by atoms with van der Waals surface area (Å²) in [7, 11) is 1.45. The van der Waals surface area contributed by atoms with E-state index in [0.29, 0.717) is 5.92 Å². The Bertz CT molecular complexity index is 336. The Morgan fingerprint density at radius 1 is 1.53 bits per heavy atom. The van der Waals surface area contributed by atoms with E-state index in [2.05, 4.69) is 12.2 Å². The molecular weight excluding hydrogens is 192 g/mol. The third-order valence-corrected chi connectivity index (χ3v) is 4.68. The van der Waals surface area contributed by atoms with E-state index in [4.69, 9.17) is 4.74 Å². The second-order valence-electron chi connectivity index (χ2n) is 4.99. The fraction of sp³-hybridized carbons (Fsp3) is 0.750. The van der Waals surface area contributed by atoms with Gasteiger partial charge >= 0.3 is 5.97 Å². The number of esters is 1. The maximum absolute atomic E-state index is 11.6. The first kappa shape index (κ1) is 9.40. The molecule has 2 saturated carbocycles. The lowest BCUT2D eigenvalue weighted by Crippen LogP contribution is -2.68.